The number of amides is 2. The first-order valence-electron chi connectivity index (χ1n) is 9.63. The zero-order valence-corrected chi connectivity index (χ0v) is 19.9. The molecule has 0 unspecified atom stereocenters. The number of anilines is 2. The predicted octanol–water partition coefficient (Wildman–Crippen LogP) is 7.69. The first-order valence-corrected chi connectivity index (χ1v) is 11.2. The highest BCUT2D eigenvalue weighted by Crippen LogP contribution is 2.42. The van der Waals surface area contributed by atoms with Crippen LogP contribution in [0.25, 0.3) is 0 Å². The minimum absolute atomic E-state index is 0.269. The lowest BCUT2D eigenvalue weighted by atomic mass is 9.99. The maximum atomic E-state index is 13.6. The summed E-state index contributed by atoms with van der Waals surface area (Å²) >= 11 is 6.79. The molecule has 3 aromatic rings. The van der Waals surface area contributed by atoms with Gasteiger partial charge in [0.05, 0.1) is 12.1 Å². The Hall–Kier alpha value is -2.52. The van der Waals surface area contributed by atoms with Crippen molar-refractivity contribution in [2.24, 2.45) is 0 Å². The largest absolute Gasteiger partial charge is 0.573 e. The zero-order chi connectivity index (χ0) is 23.0. The van der Waals surface area contributed by atoms with E-state index in [-0.39, 0.29) is 17.8 Å². The fraction of sp³-hybridized carbons (Fsp3) is 0.174. The molecule has 1 heterocycles. The van der Waals surface area contributed by atoms with Crippen molar-refractivity contribution in [1.82, 2.24) is 0 Å². The molecule has 32 heavy (non-hydrogen) atoms. The monoisotopic (exact) mass is 568 g/mol. The molecule has 2 amide bonds. The van der Waals surface area contributed by atoms with Gasteiger partial charge in [-0.15, -0.1) is 13.2 Å². The quantitative estimate of drug-likeness (QED) is 0.323. The van der Waals surface area contributed by atoms with Gasteiger partial charge in [0, 0.05) is 20.3 Å². The molecule has 166 valence electrons. The van der Waals surface area contributed by atoms with Crippen LogP contribution in [0.1, 0.15) is 18.5 Å². The average molecular weight is 570 g/mol. The molecule has 2 atom stereocenters. The van der Waals surface area contributed by atoms with Crippen molar-refractivity contribution in [3.8, 4) is 5.75 Å². The summed E-state index contributed by atoms with van der Waals surface area (Å²) in [6.45, 7) is 1.88. The predicted molar refractivity (Wildman–Crippen MR) is 124 cm³/mol. The lowest BCUT2D eigenvalue weighted by Crippen LogP contribution is -2.33. The molecule has 4 nitrogen and oxygen atoms in total. The lowest BCUT2D eigenvalue weighted by Gasteiger charge is -2.26. The fourth-order valence-corrected chi connectivity index (χ4v) is 4.44. The maximum absolute atomic E-state index is 13.6. The number of halogens is 5. The van der Waals surface area contributed by atoms with E-state index in [4.69, 9.17) is 0 Å². The number of alkyl halides is 3. The van der Waals surface area contributed by atoms with Crippen molar-refractivity contribution in [2.75, 3.05) is 9.80 Å². The Bertz CT molecular complexity index is 1120. The van der Waals surface area contributed by atoms with Crippen molar-refractivity contribution >= 4 is 49.3 Å². The molecule has 9 heteroatoms. The Labute approximate surface area is 199 Å². The molecule has 0 spiro atoms. The number of urea groups is 1. The summed E-state index contributed by atoms with van der Waals surface area (Å²) < 4.78 is 44.2. The molecular formula is C23H17Br2F3N2O2. The Balaban J connectivity index is 1.80. The highest BCUT2D eigenvalue weighted by molar-refractivity contribution is 9.10. The van der Waals surface area contributed by atoms with Gasteiger partial charge < -0.3 is 4.74 Å². The highest BCUT2D eigenvalue weighted by atomic mass is 79.9. The summed E-state index contributed by atoms with van der Waals surface area (Å²) in [5, 5.41) is 0. The fourth-order valence-electron chi connectivity index (χ4n) is 3.91. The molecule has 1 aliphatic heterocycles. The van der Waals surface area contributed by atoms with E-state index in [2.05, 4.69) is 36.6 Å². The van der Waals surface area contributed by atoms with Crippen molar-refractivity contribution in [3.05, 3.63) is 87.3 Å². The molecule has 0 N–H and O–H groups in total. The van der Waals surface area contributed by atoms with Crippen LogP contribution in [-0.2, 0) is 0 Å². The van der Waals surface area contributed by atoms with Gasteiger partial charge in [0.25, 0.3) is 0 Å². The Kier molecular flexibility index (Phi) is 6.22. The second kappa shape index (κ2) is 8.78. The number of carbonyl (C=O) groups is 1. The third-order valence-corrected chi connectivity index (χ3v) is 6.25. The van der Waals surface area contributed by atoms with Crippen molar-refractivity contribution in [1.29, 1.82) is 0 Å². The second-order valence-electron chi connectivity index (χ2n) is 7.28. The first-order chi connectivity index (χ1) is 15.1. The van der Waals surface area contributed by atoms with Crippen molar-refractivity contribution in [3.63, 3.8) is 0 Å². The minimum atomic E-state index is -4.80. The van der Waals surface area contributed by atoms with E-state index in [1.54, 1.807) is 28.0 Å². The van der Waals surface area contributed by atoms with Gasteiger partial charge in [-0.25, -0.2) is 4.79 Å². The van der Waals surface area contributed by atoms with Crippen LogP contribution in [0, 0.1) is 0 Å². The molecule has 1 fully saturated rings. The maximum Gasteiger partial charge on any atom is 0.573 e. The van der Waals surface area contributed by atoms with E-state index in [0.29, 0.717) is 16.9 Å². The summed E-state index contributed by atoms with van der Waals surface area (Å²) in [5.74, 6) is -0.326. The van der Waals surface area contributed by atoms with E-state index in [9.17, 15) is 18.0 Å². The average Bonchev–Trinajstić information content (AvgIpc) is 2.98. The number of hydrogen-bond acceptors (Lipinski definition) is 2. The number of hydrogen-bond donors (Lipinski definition) is 0. The smallest absolute Gasteiger partial charge is 0.406 e. The standard InChI is InChI=1S/C23H17Br2F3N2O2/c1-14-21(15-3-2-4-20(13-15)32-23(26,27)28)30(19-11-7-17(25)8-12-19)22(31)29(14)18-9-5-16(24)6-10-18/h2-14,21H,1H3/t14-,21+/m0/s1. The number of carbonyl (C=O) groups excluding carboxylic acids is 1. The van der Waals surface area contributed by atoms with E-state index in [1.807, 2.05) is 43.3 Å². The number of nitrogens with zero attached hydrogens (tertiary/aromatic N) is 2. The van der Waals surface area contributed by atoms with Crippen LogP contribution in [0.15, 0.2) is 81.7 Å². The zero-order valence-electron chi connectivity index (χ0n) is 16.7. The number of rotatable bonds is 4. The van der Waals surface area contributed by atoms with E-state index in [1.165, 1.54) is 18.2 Å². The van der Waals surface area contributed by atoms with Gasteiger partial charge >= 0.3 is 12.4 Å². The molecule has 1 saturated heterocycles. The SMILES string of the molecule is C[C@H]1[C@H](c2cccc(OC(F)(F)F)c2)N(c2ccc(Br)cc2)C(=O)N1c1ccc(Br)cc1. The minimum Gasteiger partial charge on any atom is -0.406 e. The third-order valence-electron chi connectivity index (χ3n) is 5.20. The van der Waals surface area contributed by atoms with Gasteiger partial charge in [0.2, 0.25) is 0 Å². The summed E-state index contributed by atoms with van der Waals surface area (Å²) in [5.41, 5.74) is 1.87. The van der Waals surface area contributed by atoms with Crippen LogP contribution in [-0.4, -0.2) is 18.4 Å². The van der Waals surface area contributed by atoms with Crippen LogP contribution >= 0.6 is 31.9 Å². The van der Waals surface area contributed by atoms with Crippen molar-refractivity contribution in [2.45, 2.75) is 25.4 Å². The third kappa shape index (κ3) is 4.63. The molecule has 0 aliphatic carbocycles. The summed E-state index contributed by atoms with van der Waals surface area (Å²) in [7, 11) is 0. The van der Waals surface area contributed by atoms with E-state index in [0.717, 1.165) is 8.95 Å². The van der Waals surface area contributed by atoms with Crippen LogP contribution in [0.5, 0.6) is 5.75 Å². The second-order valence-corrected chi connectivity index (χ2v) is 9.11. The van der Waals surface area contributed by atoms with Gasteiger partial charge in [0.15, 0.2) is 0 Å². The molecule has 3 aromatic carbocycles. The molecule has 0 saturated carbocycles. The van der Waals surface area contributed by atoms with Crippen LogP contribution in [0.4, 0.5) is 29.3 Å². The van der Waals surface area contributed by atoms with Gasteiger partial charge in [0.1, 0.15) is 5.75 Å². The lowest BCUT2D eigenvalue weighted by molar-refractivity contribution is -0.274. The van der Waals surface area contributed by atoms with Gasteiger partial charge in [-0.1, -0.05) is 44.0 Å². The first kappa shape index (κ1) is 22.7. The van der Waals surface area contributed by atoms with Crippen molar-refractivity contribution < 1.29 is 22.7 Å². The summed E-state index contributed by atoms with van der Waals surface area (Å²) in [6.07, 6.45) is -4.80. The van der Waals surface area contributed by atoms with Crippen LogP contribution in [0.2, 0.25) is 0 Å². The highest BCUT2D eigenvalue weighted by Gasteiger charge is 2.46. The number of benzene rings is 3. The Morgan fingerprint density at radius 3 is 1.91 bits per heavy atom. The van der Waals surface area contributed by atoms with E-state index >= 15 is 0 Å². The van der Waals surface area contributed by atoms with Crippen LogP contribution in [0.3, 0.4) is 0 Å². The van der Waals surface area contributed by atoms with Gasteiger partial charge in [-0.05, 0) is 73.2 Å². The molecule has 0 aromatic heterocycles. The topological polar surface area (TPSA) is 32.8 Å². The molecule has 1 aliphatic rings. The Morgan fingerprint density at radius 1 is 0.844 bits per heavy atom. The molecule has 0 bridgehead atoms. The van der Waals surface area contributed by atoms with Gasteiger partial charge in [-0.2, -0.15) is 0 Å². The number of ether oxygens (including phenoxy) is 1. The summed E-state index contributed by atoms with van der Waals surface area (Å²) in [4.78, 5) is 16.9. The van der Waals surface area contributed by atoms with Gasteiger partial charge in [-0.3, -0.25) is 9.80 Å². The molecule has 4 rings (SSSR count). The summed E-state index contributed by atoms with van der Waals surface area (Å²) in [6, 6.07) is 19.1. The van der Waals surface area contributed by atoms with E-state index < -0.39 is 12.4 Å². The van der Waals surface area contributed by atoms with Crippen LogP contribution < -0.4 is 14.5 Å². The normalized spacial score (nSPS) is 18.9. The molecular weight excluding hydrogens is 553 g/mol. The molecule has 0 radical (unpaired) electrons. The Morgan fingerprint density at radius 2 is 1.38 bits per heavy atom.